The van der Waals surface area contributed by atoms with E-state index in [0.29, 0.717) is 27.6 Å². The number of nitro groups is 1. The van der Waals surface area contributed by atoms with Gasteiger partial charge in [-0.1, -0.05) is 11.6 Å². The number of aromatic nitrogens is 2. The van der Waals surface area contributed by atoms with Crippen molar-refractivity contribution in [3.63, 3.8) is 0 Å². The highest BCUT2D eigenvalue weighted by molar-refractivity contribution is 7.99. The molecule has 1 fully saturated rings. The highest BCUT2D eigenvalue weighted by Crippen LogP contribution is 2.34. The van der Waals surface area contributed by atoms with Gasteiger partial charge in [0.25, 0.3) is 10.9 Å². The van der Waals surface area contributed by atoms with E-state index in [1.54, 1.807) is 6.07 Å². The quantitative estimate of drug-likeness (QED) is 0.609. The van der Waals surface area contributed by atoms with E-state index in [2.05, 4.69) is 15.1 Å². The first kappa shape index (κ1) is 15.3. The van der Waals surface area contributed by atoms with Gasteiger partial charge in [-0.25, -0.2) is 0 Å². The van der Waals surface area contributed by atoms with E-state index in [1.807, 2.05) is 0 Å². The third-order valence-electron chi connectivity index (χ3n) is 3.33. The van der Waals surface area contributed by atoms with Crippen LogP contribution in [0.2, 0.25) is 5.02 Å². The van der Waals surface area contributed by atoms with E-state index in [4.69, 9.17) is 16.0 Å². The maximum absolute atomic E-state index is 10.7. The smallest absolute Gasteiger partial charge is 0.281 e. The Hall–Kier alpha value is -1.64. The van der Waals surface area contributed by atoms with E-state index < -0.39 is 4.92 Å². The SMILES string of the molecule is O=[N+]([O-])c1ccc(Sc2nnc(CN3CCCC3)o2)c(Cl)c1. The van der Waals surface area contributed by atoms with Crippen LogP contribution in [-0.4, -0.2) is 33.1 Å². The van der Waals surface area contributed by atoms with Crippen molar-refractivity contribution in [3.05, 3.63) is 39.2 Å². The standard InChI is InChI=1S/C13H13ClN4O3S/c14-10-7-9(18(19)20)3-4-11(10)22-13-16-15-12(21-13)8-17-5-1-2-6-17/h3-4,7H,1-2,5-6,8H2. The Labute approximate surface area is 135 Å². The number of likely N-dealkylation sites (tertiary alicyclic amines) is 1. The average Bonchev–Trinajstić information content (AvgIpc) is 3.13. The lowest BCUT2D eigenvalue weighted by molar-refractivity contribution is -0.384. The molecule has 1 saturated heterocycles. The summed E-state index contributed by atoms with van der Waals surface area (Å²) in [6.45, 7) is 2.76. The van der Waals surface area contributed by atoms with Gasteiger partial charge in [0.1, 0.15) is 0 Å². The molecule has 2 heterocycles. The second-order valence-electron chi connectivity index (χ2n) is 4.92. The molecule has 116 valence electrons. The molecule has 0 unspecified atom stereocenters. The van der Waals surface area contributed by atoms with Crippen LogP contribution in [0, 0.1) is 10.1 Å². The zero-order valence-electron chi connectivity index (χ0n) is 11.6. The number of nitrogens with zero attached hydrogens (tertiary/aromatic N) is 4. The molecular formula is C13H13ClN4O3S. The summed E-state index contributed by atoms with van der Waals surface area (Å²) in [5.41, 5.74) is -0.0467. The van der Waals surface area contributed by atoms with Gasteiger partial charge in [-0.2, -0.15) is 0 Å². The molecule has 0 spiro atoms. The maximum atomic E-state index is 10.7. The number of nitro benzene ring substituents is 1. The summed E-state index contributed by atoms with van der Waals surface area (Å²) in [4.78, 5) is 13.1. The number of benzene rings is 1. The second-order valence-corrected chi connectivity index (χ2v) is 6.32. The number of hydrogen-bond acceptors (Lipinski definition) is 7. The van der Waals surface area contributed by atoms with Gasteiger partial charge in [0.05, 0.1) is 16.5 Å². The third-order valence-corrected chi connectivity index (χ3v) is 4.67. The lowest BCUT2D eigenvalue weighted by Gasteiger charge is -2.10. The third kappa shape index (κ3) is 3.57. The zero-order chi connectivity index (χ0) is 15.5. The highest BCUT2D eigenvalue weighted by Gasteiger charge is 2.17. The van der Waals surface area contributed by atoms with E-state index >= 15 is 0 Å². The monoisotopic (exact) mass is 340 g/mol. The number of non-ortho nitro benzene ring substituents is 1. The van der Waals surface area contributed by atoms with Crippen LogP contribution in [0.4, 0.5) is 5.69 Å². The van der Waals surface area contributed by atoms with Crippen LogP contribution < -0.4 is 0 Å². The van der Waals surface area contributed by atoms with Crippen molar-refractivity contribution in [2.24, 2.45) is 0 Å². The Kier molecular flexibility index (Phi) is 4.60. The molecule has 9 heteroatoms. The van der Waals surface area contributed by atoms with Gasteiger partial charge in [-0.05, 0) is 43.8 Å². The Morgan fingerprint density at radius 3 is 2.82 bits per heavy atom. The molecule has 0 bridgehead atoms. The average molecular weight is 341 g/mol. The van der Waals surface area contributed by atoms with Crippen molar-refractivity contribution in [1.29, 1.82) is 0 Å². The number of rotatable bonds is 5. The molecule has 1 aromatic heterocycles. The van der Waals surface area contributed by atoms with Crippen molar-refractivity contribution >= 4 is 29.1 Å². The molecule has 0 atom stereocenters. The molecule has 2 aromatic rings. The van der Waals surface area contributed by atoms with Crippen LogP contribution in [-0.2, 0) is 6.54 Å². The molecule has 1 aromatic carbocycles. The van der Waals surface area contributed by atoms with Crippen molar-refractivity contribution in [2.75, 3.05) is 13.1 Å². The molecule has 0 aliphatic carbocycles. The van der Waals surface area contributed by atoms with E-state index in [1.165, 1.54) is 36.7 Å². The first-order chi connectivity index (χ1) is 10.6. The molecule has 3 rings (SSSR count). The first-order valence-corrected chi connectivity index (χ1v) is 7.98. The summed E-state index contributed by atoms with van der Waals surface area (Å²) in [6, 6.07) is 4.29. The Bertz CT molecular complexity index is 688. The summed E-state index contributed by atoms with van der Waals surface area (Å²) in [5, 5.41) is 19.4. The van der Waals surface area contributed by atoms with Gasteiger partial charge in [0.2, 0.25) is 5.89 Å². The molecule has 1 aliphatic rings. The second kappa shape index (κ2) is 6.64. The summed E-state index contributed by atoms with van der Waals surface area (Å²) < 4.78 is 5.59. The van der Waals surface area contributed by atoms with Gasteiger partial charge >= 0.3 is 0 Å². The van der Waals surface area contributed by atoms with Crippen molar-refractivity contribution < 1.29 is 9.34 Å². The fourth-order valence-electron chi connectivity index (χ4n) is 2.26. The molecule has 0 radical (unpaired) electrons. The van der Waals surface area contributed by atoms with Gasteiger partial charge < -0.3 is 4.42 Å². The molecular weight excluding hydrogens is 328 g/mol. The minimum atomic E-state index is -0.485. The normalized spacial score (nSPS) is 15.3. The predicted octanol–water partition coefficient (Wildman–Crippen LogP) is 3.38. The Morgan fingerprint density at radius 2 is 2.14 bits per heavy atom. The fourth-order valence-corrected chi connectivity index (χ4v) is 3.25. The van der Waals surface area contributed by atoms with Gasteiger partial charge in [0.15, 0.2) is 0 Å². The predicted molar refractivity (Wildman–Crippen MR) is 81.0 cm³/mol. The molecule has 0 N–H and O–H groups in total. The summed E-state index contributed by atoms with van der Waals surface area (Å²) in [7, 11) is 0. The first-order valence-electron chi connectivity index (χ1n) is 6.78. The summed E-state index contributed by atoms with van der Waals surface area (Å²) in [6.07, 6.45) is 2.41. The lowest BCUT2D eigenvalue weighted by Crippen LogP contribution is -2.18. The maximum Gasteiger partial charge on any atom is 0.281 e. The Balaban J connectivity index is 1.68. The van der Waals surface area contributed by atoms with Crippen LogP contribution >= 0.6 is 23.4 Å². The number of halogens is 1. The van der Waals surface area contributed by atoms with Crippen molar-refractivity contribution in [3.8, 4) is 0 Å². The molecule has 0 saturated carbocycles. The van der Waals surface area contributed by atoms with Gasteiger partial charge in [-0.3, -0.25) is 15.0 Å². The number of hydrogen-bond donors (Lipinski definition) is 0. The van der Waals surface area contributed by atoms with Crippen LogP contribution in [0.5, 0.6) is 0 Å². The molecule has 1 aliphatic heterocycles. The highest BCUT2D eigenvalue weighted by atomic mass is 35.5. The summed E-state index contributed by atoms with van der Waals surface area (Å²) >= 11 is 7.24. The van der Waals surface area contributed by atoms with Crippen LogP contribution in [0.15, 0.2) is 32.7 Å². The summed E-state index contributed by atoms with van der Waals surface area (Å²) in [5.74, 6) is 0.572. The topological polar surface area (TPSA) is 85.3 Å². The van der Waals surface area contributed by atoms with Crippen LogP contribution in [0.25, 0.3) is 0 Å². The minimum absolute atomic E-state index is 0.0467. The molecule has 0 amide bonds. The largest absolute Gasteiger partial charge is 0.414 e. The Morgan fingerprint density at radius 1 is 1.36 bits per heavy atom. The van der Waals surface area contributed by atoms with Crippen molar-refractivity contribution in [1.82, 2.24) is 15.1 Å². The van der Waals surface area contributed by atoms with E-state index in [9.17, 15) is 10.1 Å². The van der Waals surface area contributed by atoms with Crippen LogP contribution in [0.3, 0.4) is 0 Å². The van der Waals surface area contributed by atoms with Crippen molar-refractivity contribution in [2.45, 2.75) is 29.5 Å². The minimum Gasteiger partial charge on any atom is -0.414 e. The molecule has 22 heavy (non-hydrogen) atoms. The van der Waals surface area contributed by atoms with Crippen LogP contribution in [0.1, 0.15) is 18.7 Å². The van der Waals surface area contributed by atoms with E-state index in [-0.39, 0.29) is 5.69 Å². The van der Waals surface area contributed by atoms with Gasteiger partial charge in [-0.15, -0.1) is 10.2 Å². The zero-order valence-corrected chi connectivity index (χ0v) is 13.1. The molecule has 7 nitrogen and oxygen atoms in total. The van der Waals surface area contributed by atoms with E-state index in [0.717, 1.165) is 13.1 Å². The van der Waals surface area contributed by atoms with Gasteiger partial charge in [0, 0.05) is 17.0 Å². The fraction of sp³-hybridized carbons (Fsp3) is 0.385. The lowest BCUT2D eigenvalue weighted by atomic mass is 10.3.